The Bertz CT molecular complexity index is 711. The second-order valence-electron chi connectivity index (χ2n) is 6.16. The summed E-state index contributed by atoms with van der Waals surface area (Å²) in [6.07, 6.45) is -1.37. The number of rotatable bonds is 5. The molecule has 138 valence electrons. The van der Waals surface area contributed by atoms with Gasteiger partial charge in [-0.3, -0.25) is 4.79 Å². The number of halogens is 6. The molecule has 2 rings (SSSR count). The van der Waals surface area contributed by atoms with E-state index in [0.29, 0.717) is 6.08 Å². The Kier molecular flexibility index (Phi) is 5.06. The van der Waals surface area contributed by atoms with E-state index in [-0.39, 0.29) is 0 Å². The molecule has 0 aliphatic heterocycles. The number of hydrogen-bond donors (Lipinski definition) is 0. The highest BCUT2D eigenvalue weighted by atomic mass is 19.3. The van der Waals surface area contributed by atoms with Gasteiger partial charge in [0.2, 0.25) is 11.6 Å². The zero-order valence-electron chi connectivity index (χ0n) is 13.4. The fraction of sp³-hybridized carbons (Fsp3) is 0.438. The summed E-state index contributed by atoms with van der Waals surface area (Å²) in [6.45, 7) is 1.99. The van der Waals surface area contributed by atoms with Gasteiger partial charge in [0.05, 0.1) is 18.6 Å². The van der Waals surface area contributed by atoms with Crippen LogP contribution in [0, 0.1) is 40.5 Å². The molecule has 0 aromatic heterocycles. The lowest BCUT2D eigenvalue weighted by molar-refractivity contribution is -0.147. The molecule has 25 heavy (non-hydrogen) atoms. The first-order chi connectivity index (χ1) is 11.5. The van der Waals surface area contributed by atoms with Crippen LogP contribution in [0.15, 0.2) is 12.2 Å². The van der Waals surface area contributed by atoms with Gasteiger partial charge < -0.3 is 9.47 Å². The first kappa shape index (κ1) is 19.1. The smallest absolute Gasteiger partial charge is 0.310 e. The van der Waals surface area contributed by atoms with E-state index in [1.807, 2.05) is 0 Å². The molecule has 0 bridgehead atoms. The number of esters is 1. The highest BCUT2D eigenvalue weighted by molar-refractivity contribution is 5.78. The Morgan fingerprint density at radius 3 is 2.04 bits per heavy atom. The van der Waals surface area contributed by atoms with Gasteiger partial charge in [0.25, 0.3) is 6.08 Å². The Morgan fingerprint density at radius 2 is 1.60 bits per heavy atom. The van der Waals surface area contributed by atoms with Gasteiger partial charge in [0, 0.05) is 5.92 Å². The average molecular weight is 368 g/mol. The summed E-state index contributed by atoms with van der Waals surface area (Å²) < 4.78 is 88.4. The number of ether oxygens (including phenoxy) is 2. The van der Waals surface area contributed by atoms with Crippen LogP contribution in [0.4, 0.5) is 26.3 Å². The molecule has 1 aliphatic rings. The molecular formula is C16H14F6O3. The molecule has 1 aliphatic carbocycles. The number of carbonyl (C=O) groups is 1. The normalized spacial score (nSPS) is 20.8. The second kappa shape index (κ2) is 6.61. The predicted molar refractivity (Wildman–Crippen MR) is 73.7 cm³/mol. The second-order valence-corrected chi connectivity index (χ2v) is 6.16. The van der Waals surface area contributed by atoms with Crippen molar-refractivity contribution in [1.82, 2.24) is 0 Å². The third kappa shape index (κ3) is 3.32. The van der Waals surface area contributed by atoms with Crippen molar-refractivity contribution in [3.05, 3.63) is 41.0 Å². The maximum absolute atomic E-state index is 13.8. The van der Waals surface area contributed by atoms with E-state index in [2.05, 4.69) is 9.47 Å². The molecule has 0 heterocycles. The van der Waals surface area contributed by atoms with Crippen LogP contribution in [0.1, 0.15) is 19.4 Å². The summed E-state index contributed by atoms with van der Waals surface area (Å²) in [6, 6.07) is 0. The van der Waals surface area contributed by atoms with Crippen molar-refractivity contribution < 1.29 is 40.6 Å². The van der Waals surface area contributed by atoms with Gasteiger partial charge in [-0.05, 0) is 11.5 Å². The standard InChI is InChI=1S/C16H14F6O3/c1-16(2)7(4-8(17)18)9(16)15(23)25-5-6-10(19)12(21)14(24-3)13(22)11(6)20/h4,7,9H,5H2,1-3H3/t7-,9+/m1/s1. The molecule has 3 nitrogen and oxygen atoms in total. The number of hydrogen-bond acceptors (Lipinski definition) is 3. The first-order valence-electron chi connectivity index (χ1n) is 7.12. The van der Waals surface area contributed by atoms with Gasteiger partial charge in [-0.15, -0.1) is 0 Å². The quantitative estimate of drug-likeness (QED) is 0.440. The fourth-order valence-electron chi connectivity index (χ4n) is 2.77. The minimum Gasteiger partial charge on any atom is -0.491 e. The molecule has 0 unspecified atom stereocenters. The summed E-state index contributed by atoms with van der Waals surface area (Å²) in [4.78, 5) is 11.9. The molecule has 1 fully saturated rings. The molecule has 1 aromatic rings. The summed E-state index contributed by atoms with van der Waals surface area (Å²) in [5.41, 5.74) is -1.96. The lowest BCUT2D eigenvalue weighted by Gasteiger charge is -2.11. The van der Waals surface area contributed by atoms with Crippen LogP contribution < -0.4 is 4.74 Å². The van der Waals surface area contributed by atoms with Crippen LogP contribution in [0.25, 0.3) is 0 Å². The van der Waals surface area contributed by atoms with Crippen molar-refractivity contribution in [2.45, 2.75) is 20.5 Å². The van der Waals surface area contributed by atoms with Gasteiger partial charge in [0.15, 0.2) is 17.4 Å². The molecule has 1 saturated carbocycles. The Morgan fingerprint density at radius 1 is 1.08 bits per heavy atom. The molecule has 1 aromatic carbocycles. The number of allylic oxidation sites excluding steroid dienone is 1. The van der Waals surface area contributed by atoms with Crippen molar-refractivity contribution in [3.63, 3.8) is 0 Å². The van der Waals surface area contributed by atoms with Crippen LogP contribution in [-0.2, 0) is 16.1 Å². The molecule has 0 N–H and O–H groups in total. The van der Waals surface area contributed by atoms with E-state index in [1.165, 1.54) is 13.8 Å². The molecule has 2 atom stereocenters. The third-order valence-corrected chi connectivity index (χ3v) is 4.35. The lowest BCUT2D eigenvalue weighted by Crippen LogP contribution is -2.14. The van der Waals surface area contributed by atoms with Gasteiger partial charge in [-0.25, -0.2) is 8.78 Å². The topological polar surface area (TPSA) is 35.5 Å². The van der Waals surface area contributed by atoms with Crippen LogP contribution in [-0.4, -0.2) is 13.1 Å². The van der Waals surface area contributed by atoms with E-state index >= 15 is 0 Å². The van der Waals surface area contributed by atoms with Gasteiger partial charge in [-0.2, -0.15) is 17.6 Å². The maximum Gasteiger partial charge on any atom is 0.310 e. The van der Waals surface area contributed by atoms with Crippen molar-refractivity contribution in [1.29, 1.82) is 0 Å². The van der Waals surface area contributed by atoms with Crippen molar-refractivity contribution in [2.24, 2.45) is 17.3 Å². The Balaban J connectivity index is 2.18. The molecular weight excluding hydrogens is 354 g/mol. The molecule has 0 saturated heterocycles. The molecule has 0 radical (unpaired) electrons. The van der Waals surface area contributed by atoms with Crippen LogP contribution in [0.2, 0.25) is 0 Å². The summed E-state index contributed by atoms with van der Waals surface area (Å²) in [5, 5.41) is 0. The first-order valence-corrected chi connectivity index (χ1v) is 7.12. The van der Waals surface area contributed by atoms with Crippen molar-refractivity contribution in [2.75, 3.05) is 7.11 Å². The molecule has 0 spiro atoms. The Hall–Kier alpha value is -2.19. The van der Waals surface area contributed by atoms with Gasteiger partial charge in [-0.1, -0.05) is 13.8 Å². The fourth-order valence-corrected chi connectivity index (χ4v) is 2.77. The Labute approximate surface area is 139 Å². The van der Waals surface area contributed by atoms with Crippen LogP contribution in [0.3, 0.4) is 0 Å². The third-order valence-electron chi connectivity index (χ3n) is 4.35. The highest BCUT2D eigenvalue weighted by Crippen LogP contribution is 2.60. The largest absolute Gasteiger partial charge is 0.491 e. The van der Waals surface area contributed by atoms with Gasteiger partial charge >= 0.3 is 5.97 Å². The maximum atomic E-state index is 13.8. The SMILES string of the molecule is COc1c(F)c(F)c(COC(=O)[C@@H]2[C@@H](C=C(F)F)C2(C)C)c(F)c1F. The van der Waals surface area contributed by atoms with Crippen molar-refractivity contribution in [3.8, 4) is 5.75 Å². The highest BCUT2D eigenvalue weighted by Gasteiger charge is 2.62. The minimum absolute atomic E-state index is 0.597. The summed E-state index contributed by atoms with van der Waals surface area (Å²) >= 11 is 0. The summed E-state index contributed by atoms with van der Waals surface area (Å²) in [7, 11) is 0.826. The minimum atomic E-state index is -1.97. The van der Waals surface area contributed by atoms with Gasteiger partial charge in [0.1, 0.15) is 6.61 Å². The number of carbonyl (C=O) groups excluding carboxylic acids is 1. The summed E-state index contributed by atoms with van der Waals surface area (Å²) in [5.74, 6) is -11.0. The van der Waals surface area contributed by atoms with Crippen molar-refractivity contribution >= 4 is 5.97 Å². The monoisotopic (exact) mass is 368 g/mol. The van der Waals surface area contributed by atoms with E-state index in [1.54, 1.807) is 0 Å². The average Bonchev–Trinajstić information content (AvgIpc) is 3.05. The molecule has 9 heteroatoms. The van der Waals surface area contributed by atoms with Crippen LogP contribution >= 0.6 is 0 Å². The van der Waals surface area contributed by atoms with E-state index in [4.69, 9.17) is 0 Å². The van der Waals surface area contributed by atoms with E-state index in [0.717, 1.165) is 7.11 Å². The zero-order valence-corrected chi connectivity index (χ0v) is 13.4. The number of methoxy groups -OCH3 is 1. The number of benzene rings is 1. The zero-order chi connectivity index (χ0) is 19.1. The predicted octanol–water partition coefficient (Wildman–Crippen LogP) is 4.35. The molecule has 0 amide bonds. The van der Waals surface area contributed by atoms with E-state index < -0.39 is 70.5 Å². The van der Waals surface area contributed by atoms with E-state index in [9.17, 15) is 31.1 Å². The lowest BCUT2D eigenvalue weighted by atomic mass is 10.1. The van der Waals surface area contributed by atoms with Crippen LogP contribution in [0.5, 0.6) is 5.75 Å².